The molecule has 0 aliphatic heterocycles. The summed E-state index contributed by atoms with van der Waals surface area (Å²) < 4.78 is 5.34. The summed E-state index contributed by atoms with van der Waals surface area (Å²) >= 11 is 1.57. The van der Waals surface area contributed by atoms with Crippen molar-refractivity contribution in [2.75, 3.05) is 18.6 Å². The lowest BCUT2D eigenvalue weighted by Gasteiger charge is -2.18. The Kier molecular flexibility index (Phi) is 9.04. The summed E-state index contributed by atoms with van der Waals surface area (Å²) in [6.07, 6.45) is 2.35. The van der Waals surface area contributed by atoms with Crippen LogP contribution in [0.2, 0.25) is 0 Å². The quantitative estimate of drug-likeness (QED) is 0.547. The third-order valence-electron chi connectivity index (χ3n) is 4.00. The summed E-state index contributed by atoms with van der Waals surface area (Å²) in [6.45, 7) is 2.41. The molecule has 0 aliphatic rings. The number of nitrogens with one attached hydrogen (secondary N) is 3. The average Bonchev–Trinajstić information content (AvgIpc) is 2.76. The van der Waals surface area contributed by atoms with Crippen LogP contribution in [0.25, 0.3) is 0 Å². The van der Waals surface area contributed by atoms with E-state index in [4.69, 9.17) is 4.74 Å². The second-order valence-electron chi connectivity index (χ2n) is 6.07. The van der Waals surface area contributed by atoms with Crippen molar-refractivity contribution in [3.8, 4) is 5.75 Å². The number of thioether (sulfide) groups is 1. The van der Waals surface area contributed by atoms with Gasteiger partial charge in [-0.1, -0.05) is 18.2 Å². The van der Waals surface area contributed by atoms with Gasteiger partial charge in [-0.25, -0.2) is 0 Å². The van der Waals surface area contributed by atoms with Crippen LogP contribution in [0.15, 0.2) is 54.6 Å². The Balaban J connectivity index is 1.94. The number of amides is 3. The van der Waals surface area contributed by atoms with Crippen LogP contribution in [0.4, 0.5) is 0 Å². The smallest absolute Gasteiger partial charge is 0.269 e. The Morgan fingerprint density at radius 3 is 2.21 bits per heavy atom. The van der Waals surface area contributed by atoms with Gasteiger partial charge in [-0.15, -0.1) is 0 Å². The van der Waals surface area contributed by atoms with Crippen LogP contribution in [0.3, 0.4) is 0 Å². The second kappa shape index (κ2) is 11.8. The van der Waals surface area contributed by atoms with Gasteiger partial charge in [-0.2, -0.15) is 11.8 Å². The zero-order valence-electron chi connectivity index (χ0n) is 16.4. The molecule has 1 atom stereocenters. The summed E-state index contributed by atoms with van der Waals surface area (Å²) in [5, 5.41) is 2.72. The van der Waals surface area contributed by atoms with Crippen LogP contribution in [0.1, 0.15) is 34.1 Å². The van der Waals surface area contributed by atoms with Gasteiger partial charge in [-0.05, 0) is 61.8 Å². The van der Waals surface area contributed by atoms with Crippen LogP contribution < -0.4 is 20.9 Å². The molecule has 2 aromatic carbocycles. The zero-order chi connectivity index (χ0) is 21.1. The molecule has 3 amide bonds. The van der Waals surface area contributed by atoms with E-state index in [-0.39, 0.29) is 5.91 Å². The minimum absolute atomic E-state index is 0.343. The first-order valence-corrected chi connectivity index (χ1v) is 10.6. The van der Waals surface area contributed by atoms with Crippen molar-refractivity contribution in [1.82, 2.24) is 16.2 Å². The Morgan fingerprint density at radius 2 is 1.59 bits per heavy atom. The molecule has 0 unspecified atom stereocenters. The Bertz CT molecular complexity index is 812. The van der Waals surface area contributed by atoms with Crippen molar-refractivity contribution in [3.63, 3.8) is 0 Å². The molecular formula is C21H25N3O4S. The molecule has 0 heterocycles. The number of benzene rings is 2. The highest BCUT2D eigenvalue weighted by molar-refractivity contribution is 7.98. The summed E-state index contributed by atoms with van der Waals surface area (Å²) in [6, 6.07) is 14.5. The van der Waals surface area contributed by atoms with Crippen LogP contribution in [0, 0.1) is 0 Å². The maximum atomic E-state index is 12.5. The van der Waals surface area contributed by atoms with Crippen molar-refractivity contribution in [1.29, 1.82) is 0 Å². The minimum atomic E-state index is -0.768. The van der Waals surface area contributed by atoms with Gasteiger partial charge in [0.2, 0.25) is 0 Å². The predicted molar refractivity (Wildman–Crippen MR) is 114 cm³/mol. The van der Waals surface area contributed by atoms with Gasteiger partial charge >= 0.3 is 0 Å². The van der Waals surface area contributed by atoms with Crippen LogP contribution in [-0.2, 0) is 4.79 Å². The highest BCUT2D eigenvalue weighted by atomic mass is 32.2. The van der Waals surface area contributed by atoms with Gasteiger partial charge < -0.3 is 10.1 Å². The highest BCUT2D eigenvalue weighted by Gasteiger charge is 2.21. The molecule has 2 aromatic rings. The third-order valence-corrected chi connectivity index (χ3v) is 4.64. The summed E-state index contributed by atoms with van der Waals surface area (Å²) in [5.41, 5.74) is 5.62. The van der Waals surface area contributed by atoms with Gasteiger partial charge in [-0.3, -0.25) is 25.2 Å². The van der Waals surface area contributed by atoms with Gasteiger partial charge in [0.25, 0.3) is 17.7 Å². The summed E-state index contributed by atoms with van der Waals surface area (Å²) in [7, 11) is 0. The first kappa shape index (κ1) is 22.3. The van der Waals surface area contributed by atoms with Crippen molar-refractivity contribution in [3.05, 3.63) is 65.7 Å². The van der Waals surface area contributed by atoms with E-state index in [1.165, 1.54) is 0 Å². The summed E-state index contributed by atoms with van der Waals surface area (Å²) in [5.74, 6) is 0.0561. The number of hydrogen-bond acceptors (Lipinski definition) is 5. The molecule has 8 heteroatoms. The molecule has 0 bridgehead atoms. The minimum Gasteiger partial charge on any atom is -0.494 e. The second-order valence-corrected chi connectivity index (χ2v) is 7.06. The van der Waals surface area contributed by atoms with E-state index in [2.05, 4.69) is 16.2 Å². The monoisotopic (exact) mass is 415 g/mol. The molecule has 0 saturated carbocycles. The molecule has 0 spiro atoms. The molecule has 2 rings (SSSR count). The molecule has 154 valence electrons. The van der Waals surface area contributed by atoms with Crippen molar-refractivity contribution < 1.29 is 19.1 Å². The molecule has 7 nitrogen and oxygen atoms in total. The standard InChI is InChI=1S/C21H25N3O4S/c1-3-28-17-11-9-16(10-12-17)20(26)23-24-21(27)18(13-14-29-2)22-19(25)15-7-5-4-6-8-15/h4-12,18H,3,13-14H2,1-2H3,(H,22,25)(H,23,26)(H,24,27)/t18-/m1/s1. The average molecular weight is 416 g/mol. The van der Waals surface area contributed by atoms with Crippen molar-refractivity contribution in [2.45, 2.75) is 19.4 Å². The van der Waals surface area contributed by atoms with E-state index in [0.717, 1.165) is 0 Å². The molecule has 0 aromatic heterocycles. The molecular weight excluding hydrogens is 390 g/mol. The molecule has 0 aliphatic carbocycles. The third kappa shape index (κ3) is 7.15. The van der Waals surface area contributed by atoms with Crippen molar-refractivity contribution in [2.24, 2.45) is 0 Å². The summed E-state index contributed by atoms with van der Waals surface area (Å²) in [4.78, 5) is 37.1. The first-order valence-electron chi connectivity index (χ1n) is 9.23. The van der Waals surface area contributed by atoms with E-state index >= 15 is 0 Å². The molecule has 0 saturated heterocycles. The first-order chi connectivity index (χ1) is 14.0. The van der Waals surface area contributed by atoms with Crippen LogP contribution in [-0.4, -0.2) is 42.4 Å². The van der Waals surface area contributed by atoms with E-state index in [9.17, 15) is 14.4 Å². The molecule has 29 heavy (non-hydrogen) atoms. The Morgan fingerprint density at radius 1 is 0.931 bits per heavy atom. The lowest BCUT2D eigenvalue weighted by molar-refractivity contribution is -0.123. The zero-order valence-corrected chi connectivity index (χ0v) is 17.3. The Labute approximate surface area is 174 Å². The topological polar surface area (TPSA) is 96.5 Å². The fourth-order valence-electron chi connectivity index (χ4n) is 2.48. The van der Waals surface area contributed by atoms with Crippen molar-refractivity contribution >= 4 is 29.5 Å². The van der Waals surface area contributed by atoms with Crippen LogP contribution in [0.5, 0.6) is 5.75 Å². The molecule has 0 fully saturated rings. The lowest BCUT2D eigenvalue weighted by Crippen LogP contribution is -2.52. The number of carbonyl (C=O) groups is 3. The van der Waals surface area contributed by atoms with E-state index in [0.29, 0.717) is 35.7 Å². The largest absolute Gasteiger partial charge is 0.494 e. The van der Waals surface area contributed by atoms with Gasteiger partial charge in [0.15, 0.2) is 0 Å². The molecule has 3 N–H and O–H groups in total. The lowest BCUT2D eigenvalue weighted by atomic mass is 10.1. The normalized spacial score (nSPS) is 11.2. The fraction of sp³-hybridized carbons (Fsp3) is 0.286. The number of hydrogen-bond donors (Lipinski definition) is 3. The van der Waals surface area contributed by atoms with Gasteiger partial charge in [0.05, 0.1) is 6.61 Å². The maximum Gasteiger partial charge on any atom is 0.269 e. The highest BCUT2D eigenvalue weighted by Crippen LogP contribution is 2.11. The van der Waals surface area contributed by atoms with E-state index in [1.54, 1.807) is 60.3 Å². The number of carbonyl (C=O) groups excluding carboxylic acids is 3. The SMILES string of the molecule is CCOc1ccc(C(=O)NNC(=O)[C@@H](CCSC)NC(=O)c2ccccc2)cc1. The van der Waals surface area contributed by atoms with E-state index in [1.807, 2.05) is 19.2 Å². The number of hydrazine groups is 1. The predicted octanol–water partition coefficient (Wildman–Crippen LogP) is 2.40. The number of ether oxygens (including phenoxy) is 1. The van der Waals surface area contributed by atoms with Crippen LogP contribution >= 0.6 is 11.8 Å². The number of rotatable bonds is 9. The Hall–Kier alpha value is -3.00. The van der Waals surface area contributed by atoms with Gasteiger partial charge in [0, 0.05) is 11.1 Å². The van der Waals surface area contributed by atoms with Gasteiger partial charge in [0.1, 0.15) is 11.8 Å². The maximum absolute atomic E-state index is 12.5. The fourth-order valence-corrected chi connectivity index (χ4v) is 2.95. The molecule has 0 radical (unpaired) electrons. The van der Waals surface area contributed by atoms with E-state index < -0.39 is 17.9 Å².